The molecule has 1 unspecified atom stereocenters. The van der Waals surface area contributed by atoms with Crippen molar-refractivity contribution in [2.75, 3.05) is 81.9 Å². The molecule has 4 aromatic rings. The summed E-state index contributed by atoms with van der Waals surface area (Å²) >= 11 is 6.57. The number of methoxy groups -OCH3 is 1. The minimum atomic E-state index is -2.57. The zero-order valence-electron chi connectivity index (χ0n) is 37.3. The number of piperidine rings is 3. The highest BCUT2D eigenvalue weighted by Crippen LogP contribution is 2.46. The Morgan fingerprint density at radius 3 is 2.48 bits per heavy atom. The predicted molar refractivity (Wildman–Crippen MR) is 254 cm³/mol. The topological polar surface area (TPSA) is 158 Å². The van der Waals surface area contributed by atoms with Crippen molar-refractivity contribution in [2.24, 2.45) is 5.41 Å². The fraction of sp³-hybridized carbons (Fsp3) is 0.449. The fourth-order valence-electron chi connectivity index (χ4n) is 9.90. The van der Waals surface area contributed by atoms with Gasteiger partial charge in [-0.15, -0.1) is 0 Å². The van der Waals surface area contributed by atoms with Crippen LogP contribution in [0.15, 0.2) is 60.8 Å². The second-order valence-corrected chi connectivity index (χ2v) is 21.9. The number of ether oxygens (including phenoxy) is 2. The van der Waals surface area contributed by atoms with Gasteiger partial charge >= 0.3 is 0 Å². The fourth-order valence-corrected chi connectivity index (χ4v) is 11.2. The summed E-state index contributed by atoms with van der Waals surface area (Å²) in [6.45, 7) is 10.3. The molecule has 14 nitrogen and oxygen atoms in total. The van der Waals surface area contributed by atoms with Gasteiger partial charge in [0.05, 0.1) is 37.9 Å². The van der Waals surface area contributed by atoms with Crippen LogP contribution in [0.4, 0.5) is 28.8 Å². The number of anilines is 5. The Balaban J connectivity index is 0.790. The summed E-state index contributed by atoms with van der Waals surface area (Å²) in [5, 5.41) is 10.1. The van der Waals surface area contributed by atoms with Crippen LogP contribution in [-0.2, 0) is 25.4 Å². The number of halogens is 1. The summed E-state index contributed by atoms with van der Waals surface area (Å²) < 4.78 is 24.7. The number of nitrogens with zero attached hydrogens (tertiary/aromatic N) is 5. The second kappa shape index (κ2) is 18.8. The van der Waals surface area contributed by atoms with Crippen LogP contribution in [0.25, 0.3) is 0 Å². The predicted octanol–water partition coefficient (Wildman–Crippen LogP) is 7.26. The smallest absolute Gasteiger partial charge is 0.255 e. The van der Waals surface area contributed by atoms with E-state index in [9.17, 15) is 18.9 Å². The van der Waals surface area contributed by atoms with Crippen molar-refractivity contribution in [3.8, 4) is 17.6 Å². The third kappa shape index (κ3) is 9.61. The minimum Gasteiger partial charge on any atom is -0.494 e. The van der Waals surface area contributed by atoms with E-state index in [0.29, 0.717) is 65.4 Å². The van der Waals surface area contributed by atoms with Gasteiger partial charge in [0.2, 0.25) is 17.8 Å². The Morgan fingerprint density at radius 2 is 1.75 bits per heavy atom. The van der Waals surface area contributed by atoms with Gasteiger partial charge in [-0.2, -0.15) is 4.98 Å². The van der Waals surface area contributed by atoms with Crippen molar-refractivity contribution in [3.05, 3.63) is 88.1 Å². The molecule has 4 saturated heterocycles. The Hall–Kier alpha value is -5.45. The molecular formula is C49H56ClN8O6P. The number of nitrogens with one attached hydrogen (secondary N) is 3. The van der Waals surface area contributed by atoms with Crippen molar-refractivity contribution < 1.29 is 28.4 Å². The number of rotatable bonds is 12. The summed E-state index contributed by atoms with van der Waals surface area (Å²) in [7, 11) is -0.889. The number of amides is 3. The Morgan fingerprint density at radius 1 is 0.985 bits per heavy atom. The quantitative estimate of drug-likeness (QED) is 0.0567. The highest BCUT2D eigenvalue weighted by molar-refractivity contribution is 7.70. The normalized spacial score (nSPS) is 19.9. The number of fused-ring (bicyclic) bond motifs is 1. The van der Waals surface area contributed by atoms with Crippen LogP contribution in [0.3, 0.4) is 0 Å². The van der Waals surface area contributed by atoms with Crippen LogP contribution in [0.2, 0.25) is 5.02 Å². The standard InChI is InChI=1S/C49H56ClN8O6P/c1-63-42-27-41(35(33-30-64-31-33)26-39(42)53-48-51-28-37(50)45(55-48)52-38-13-6-7-14-43(38)65(2,3)62)57-24-19-49(20-25-57)17-22-56(23-18-49)21-8-4-5-10-32-11-9-12-34-36(32)29-58(47(34)61)40-15-16-44(59)54-46(40)60/h6-7,9,11-14,26-28,33,40H,4,8,15-25,29-31H2,1-3H3,(H,54,59,60)(H2,51,52,53,55). The van der Waals surface area contributed by atoms with Crippen molar-refractivity contribution in [2.45, 2.75) is 69.9 Å². The molecular weight excluding hydrogens is 863 g/mol. The van der Waals surface area contributed by atoms with E-state index in [2.05, 4.69) is 54.7 Å². The molecule has 1 aromatic heterocycles. The Labute approximate surface area is 385 Å². The highest BCUT2D eigenvalue weighted by Gasteiger charge is 2.41. The van der Waals surface area contributed by atoms with Gasteiger partial charge in [0.25, 0.3) is 5.91 Å². The van der Waals surface area contributed by atoms with Crippen molar-refractivity contribution in [1.29, 1.82) is 0 Å². The number of para-hydroxylation sites is 1. The van der Waals surface area contributed by atoms with E-state index in [1.807, 2.05) is 36.4 Å². The van der Waals surface area contributed by atoms with Crippen molar-refractivity contribution in [1.82, 2.24) is 25.1 Å². The van der Waals surface area contributed by atoms with Gasteiger partial charge in [-0.1, -0.05) is 41.6 Å². The number of unbranched alkanes of at least 4 members (excludes halogenated alkanes) is 1. The van der Waals surface area contributed by atoms with Gasteiger partial charge < -0.3 is 39.4 Å². The van der Waals surface area contributed by atoms with E-state index in [0.717, 1.165) is 80.5 Å². The first kappa shape index (κ1) is 44.7. The molecule has 9 rings (SSSR count). The van der Waals surface area contributed by atoms with E-state index < -0.39 is 19.1 Å². The Bertz CT molecular complexity index is 2600. The number of likely N-dealkylation sites (tertiary alicyclic amines) is 1. The molecule has 3 amide bonds. The monoisotopic (exact) mass is 918 g/mol. The van der Waals surface area contributed by atoms with Crippen LogP contribution in [0.5, 0.6) is 5.75 Å². The van der Waals surface area contributed by atoms with E-state index in [4.69, 9.17) is 26.1 Å². The molecule has 5 aliphatic heterocycles. The molecule has 6 heterocycles. The van der Waals surface area contributed by atoms with Crippen LogP contribution in [-0.4, -0.2) is 110 Å². The average molecular weight is 919 g/mol. The average Bonchev–Trinajstić information content (AvgIpc) is 3.61. The maximum absolute atomic E-state index is 13.2. The number of hydrogen-bond donors (Lipinski definition) is 3. The van der Waals surface area contributed by atoms with E-state index in [1.165, 1.54) is 24.1 Å². The molecule has 16 heteroatoms. The molecule has 0 aliphatic carbocycles. The first-order chi connectivity index (χ1) is 31.4. The van der Waals surface area contributed by atoms with E-state index in [-0.39, 0.29) is 24.2 Å². The number of carbonyl (C=O) groups excluding carboxylic acids is 3. The number of aromatic nitrogens is 2. The summed E-state index contributed by atoms with van der Waals surface area (Å²) in [5.74, 6) is 7.52. The lowest BCUT2D eigenvalue weighted by molar-refractivity contribution is -0.136. The van der Waals surface area contributed by atoms with Crippen LogP contribution >= 0.6 is 18.7 Å². The third-order valence-corrected chi connectivity index (χ3v) is 15.6. The maximum atomic E-state index is 13.2. The lowest BCUT2D eigenvalue weighted by atomic mass is 9.71. The zero-order valence-corrected chi connectivity index (χ0v) is 38.9. The first-order valence-electron chi connectivity index (χ1n) is 22.6. The highest BCUT2D eigenvalue weighted by atomic mass is 35.5. The lowest BCUT2D eigenvalue weighted by Crippen LogP contribution is -2.52. The number of carbonyl (C=O) groups is 3. The zero-order chi connectivity index (χ0) is 45.3. The largest absolute Gasteiger partial charge is 0.494 e. The second-order valence-electron chi connectivity index (χ2n) is 18.3. The molecule has 3 N–H and O–H groups in total. The number of benzene rings is 3. The molecule has 4 fully saturated rings. The molecule has 0 radical (unpaired) electrons. The lowest BCUT2D eigenvalue weighted by Gasteiger charge is -2.48. The SMILES string of the molecule is COc1cc(N2CCC3(CCN(CCCC#Cc4cccc5c4CN(C4CCC(=O)NC4=O)C5=O)CC3)CC2)c(C2COC2)cc1Nc1ncc(Cl)c(Nc2ccccc2P(C)(C)=O)n1. The number of imide groups is 1. The van der Waals surface area contributed by atoms with Crippen LogP contribution in [0.1, 0.15) is 84.3 Å². The molecule has 1 spiro atoms. The van der Waals surface area contributed by atoms with E-state index >= 15 is 0 Å². The summed E-state index contributed by atoms with van der Waals surface area (Å²) in [6.07, 6.45) is 8.53. The molecule has 1 atom stereocenters. The van der Waals surface area contributed by atoms with Crippen LogP contribution in [0, 0.1) is 17.3 Å². The molecule has 5 aliphatic rings. The van der Waals surface area contributed by atoms with Gasteiger partial charge in [0.1, 0.15) is 24.0 Å². The molecule has 0 saturated carbocycles. The van der Waals surface area contributed by atoms with Gasteiger partial charge in [-0.05, 0) is 118 Å². The third-order valence-electron chi connectivity index (χ3n) is 13.8. The van der Waals surface area contributed by atoms with Gasteiger partial charge in [-0.25, -0.2) is 4.98 Å². The van der Waals surface area contributed by atoms with Gasteiger partial charge in [0, 0.05) is 66.6 Å². The summed E-state index contributed by atoms with van der Waals surface area (Å²) in [6, 6.07) is 16.7. The molecule has 0 bridgehead atoms. The molecule has 65 heavy (non-hydrogen) atoms. The van der Waals surface area contributed by atoms with E-state index in [1.54, 1.807) is 37.6 Å². The minimum absolute atomic E-state index is 0.176. The van der Waals surface area contributed by atoms with Crippen molar-refractivity contribution in [3.63, 3.8) is 0 Å². The van der Waals surface area contributed by atoms with Gasteiger partial charge in [0.15, 0.2) is 5.82 Å². The molecule has 3 aromatic carbocycles. The van der Waals surface area contributed by atoms with Gasteiger partial charge in [-0.3, -0.25) is 19.7 Å². The summed E-state index contributed by atoms with van der Waals surface area (Å²) in [5.41, 5.74) is 6.47. The Kier molecular flexibility index (Phi) is 12.9. The van der Waals surface area contributed by atoms with Crippen molar-refractivity contribution >= 4 is 70.6 Å². The first-order valence-corrected chi connectivity index (χ1v) is 25.6. The molecule has 340 valence electrons. The summed E-state index contributed by atoms with van der Waals surface area (Å²) in [4.78, 5) is 53.3. The number of hydrogen-bond acceptors (Lipinski definition) is 12. The van der Waals surface area contributed by atoms with Crippen LogP contribution < -0.4 is 30.9 Å². The maximum Gasteiger partial charge on any atom is 0.255 e.